The molecule has 2 nitrogen and oxygen atoms in total. The first-order valence-electron chi connectivity index (χ1n) is 7.51. The third-order valence-electron chi connectivity index (χ3n) is 4.30. The number of benzene rings is 1. The second-order valence-corrected chi connectivity index (χ2v) is 6.07. The molecule has 0 amide bonds. The molecule has 1 saturated heterocycles. The lowest BCUT2D eigenvalue weighted by molar-refractivity contribution is 0.137. The van der Waals surface area contributed by atoms with Crippen molar-refractivity contribution in [3.8, 4) is 5.75 Å². The molecule has 3 rings (SSSR count). The smallest absolute Gasteiger partial charge is 0.162 e. The average molecular weight is 318 g/mol. The van der Waals surface area contributed by atoms with Crippen LogP contribution in [0.3, 0.4) is 0 Å². The van der Waals surface area contributed by atoms with E-state index in [4.69, 9.17) is 4.74 Å². The van der Waals surface area contributed by atoms with E-state index >= 15 is 0 Å². The summed E-state index contributed by atoms with van der Waals surface area (Å²) in [5.74, 6) is 0.223. The van der Waals surface area contributed by atoms with Crippen LogP contribution in [0.25, 0.3) is 0 Å². The SMILES string of the molecule is Cl.Fc1ccc(OCC2CCN(CC3CC3)CC2)cc1F. The highest BCUT2D eigenvalue weighted by Crippen LogP contribution is 2.31. The van der Waals surface area contributed by atoms with Crippen LogP contribution in [-0.4, -0.2) is 31.1 Å². The predicted octanol–water partition coefficient (Wildman–Crippen LogP) is 3.89. The van der Waals surface area contributed by atoms with Gasteiger partial charge < -0.3 is 9.64 Å². The van der Waals surface area contributed by atoms with Gasteiger partial charge >= 0.3 is 0 Å². The van der Waals surface area contributed by atoms with Crippen LogP contribution in [-0.2, 0) is 0 Å². The lowest BCUT2D eigenvalue weighted by Gasteiger charge is -2.31. The first-order valence-corrected chi connectivity index (χ1v) is 7.51. The molecule has 1 aliphatic carbocycles. The Kier molecular flexibility index (Phi) is 5.82. The van der Waals surface area contributed by atoms with Crippen molar-refractivity contribution in [2.45, 2.75) is 25.7 Å². The predicted molar refractivity (Wildman–Crippen MR) is 81.0 cm³/mol. The van der Waals surface area contributed by atoms with Crippen LogP contribution in [0.15, 0.2) is 18.2 Å². The maximum Gasteiger partial charge on any atom is 0.162 e. The van der Waals surface area contributed by atoms with Crippen LogP contribution in [0.2, 0.25) is 0 Å². The fraction of sp³-hybridized carbons (Fsp3) is 0.625. The minimum absolute atomic E-state index is 0. The van der Waals surface area contributed by atoms with Crippen molar-refractivity contribution < 1.29 is 13.5 Å². The van der Waals surface area contributed by atoms with Crippen molar-refractivity contribution in [3.63, 3.8) is 0 Å². The molecule has 0 atom stereocenters. The molecule has 5 heteroatoms. The van der Waals surface area contributed by atoms with Crippen molar-refractivity contribution in [2.24, 2.45) is 11.8 Å². The molecule has 1 saturated carbocycles. The van der Waals surface area contributed by atoms with E-state index in [0.717, 1.165) is 44.0 Å². The number of nitrogens with zero attached hydrogens (tertiary/aromatic N) is 1. The van der Waals surface area contributed by atoms with Crippen LogP contribution >= 0.6 is 12.4 Å². The van der Waals surface area contributed by atoms with Crippen molar-refractivity contribution in [3.05, 3.63) is 29.8 Å². The third kappa shape index (κ3) is 4.82. The van der Waals surface area contributed by atoms with Gasteiger partial charge in [-0.25, -0.2) is 8.78 Å². The molecule has 1 aromatic carbocycles. The molecule has 2 aliphatic rings. The van der Waals surface area contributed by atoms with Gasteiger partial charge in [0.25, 0.3) is 0 Å². The number of rotatable bonds is 5. The maximum atomic E-state index is 13.1. The Balaban J connectivity index is 0.00000161. The zero-order valence-electron chi connectivity index (χ0n) is 12.1. The molecular weight excluding hydrogens is 296 g/mol. The second kappa shape index (κ2) is 7.41. The molecule has 0 N–H and O–H groups in total. The van der Waals surface area contributed by atoms with Crippen molar-refractivity contribution in [1.29, 1.82) is 0 Å². The van der Waals surface area contributed by atoms with Crippen LogP contribution in [0, 0.1) is 23.5 Å². The van der Waals surface area contributed by atoms with Gasteiger partial charge in [-0.2, -0.15) is 0 Å². The molecule has 0 unspecified atom stereocenters. The monoisotopic (exact) mass is 317 g/mol. The molecule has 0 bridgehead atoms. The van der Waals surface area contributed by atoms with E-state index in [2.05, 4.69) is 4.90 Å². The summed E-state index contributed by atoms with van der Waals surface area (Å²) in [7, 11) is 0. The number of likely N-dealkylation sites (tertiary alicyclic amines) is 1. The summed E-state index contributed by atoms with van der Waals surface area (Å²) in [6, 6.07) is 3.72. The van der Waals surface area contributed by atoms with Crippen molar-refractivity contribution >= 4 is 12.4 Å². The number of hydrogen-bond donors (Lipinski definition) is 0. The lowest BCUT2D eigenvalue weighted by Crippen LogP contribution is -2.36. The first kappa shape index (κ1) is 16.5. The molecular formula is C16H22ClF2NO. The largest absolute Gasteiger partial charge is 0.493 e. The zero-order chi connectivity index (χ0) is 13.9. The van der Waals surface area contributed by atoms with Gasteiger partial charge in [-0.3, -0.25) is 0 Å². The lowest BCUT2D eigenvalue weighted by atomic mass is 9.97. The van der Waals surface area contributed by atoms with Crippen LogP contribution in [0.1, 0.15) is 25.7 Å². The Bertz CT molecular complexity index is 460. The van der Waals surface area contributed by atoms with Gasteiger partial charge in [0.2, 0.25) is 0 Å². The number of hydrogen-bond acceptors (Lipinski definition) is 2. The van der Waals surface area contributed by atoms with E-state index in [-0.39, 0.29) is 12.4 Å². The van der Waals surface area contributed by atoms with E-state index in [1.54, 1.807) is 0 Å². The summed E-state index contributed by atoms with van der Waals surface area (Å²) < 4.78 is 31.5. The van der Waals surface area contributed by atoms with Crippen molar-refractivity contribution in [2.75, 3.05) is 26.2 Å². The molecule has 1 aliphatic heterocycles. The molecule has 1 heterocycles. The Morgan fingerprint density at radius 1 is 1.00 bits per heavy atom. The third-order valence-corrected chi connectivity index (χ3v) is 4.30. The van der Waals surface area contributed by atoms with Gasteiger partial charge in [-0.05, 0) is 62.7 Å². The fourth-order valence-electron chi connectivity index (χ4n) is 2.78. The minimum Gasteiger partial charge on any atom is -0.493 e. The number of halogens is 3. The summed E-state index contributed by atoms with van der Waals surface area (Å²) >= 11 is 0. The van der Waals surface area contributed by atoms with Gasteiger partial charge in [0.15, 0.2) is 11.6 Å². The first-order chi connectivity index (χ1) is 9.70. The summed E-state index contributed by atoms with van der Waals surface area (Å²) in [6.45, 7) is 4.14. The van der Waals surface area contributed by atoms with Crippen LogP contribution < -0.4 is 4.74 Å². The highest BCUT2D eigenvalue weighted by molar-refractivity contribution is 5.85. The minimum atomic E-state index is -0.846. The molecule has 1 aromatic rings. The maximum absolute atomic E-state index is 13.1. The van der Waals surface area contributed by atoms with Gasteiger partial charge in [0.05, 0.1) is 6.61 Å². The van der Waals surface area contributed by atoms with Gasteiger partial charge in [-0.1, -0.05) is 0 Å². The van der Waals surface area contributed by atoms with E-state index in [1.807, 2.05) is 0 Å². The Labute approximate surface area is 130 Å². The zero-order valence-corrected chi connectivity index (χ0v) is 12.9. The highest BCUT2D eigenvalue weighted by atomic mass is 35.5. The summed E-state index contributed by atoms with van der Waals surface area (Å²) in [5.41, 5.74) is 0. The molecule has 118 valence electrons. The second-order valence-electron chi connectivity index (χ2n) is 6.07. The average Bonchev–Trinajstić information content (AvgIpc) is 3.26. The van der Waals surface area contributed by atoms with Crippen LogP contribution in [0.5, 0.6) is 5.75 Å². The highest BCUT2D eigenvalue weighted by Gasteiger charge is 2.27. The normalized spacial score (nSPS) is 20.1. The summed E-state index contributed by atoms with van der Waals surface area (Å²) in [5, 5.41) is 0. The van der Waals surface area contributed by atoms with Gasteiger partial charge in [-0.15, -0.1) is 12.4 Å². The summed E-state index contributed by atoms with van der Waals surface area (Å²) in [6.07, 6.45) is 5.07. The van der Waals surface area contributed by atoms with Crippen molar-refractivity contribution in [1.82, 2.24) is 4.90 Å². The molecule has 0 radical (unpaired) electrons. The number of ether oxygens (including phenoxy) is 1. The Hall–Kier alpha value is -0.870. The van der Waals surface area contributed by atoms with E-state index in [1.165, 1.54) is 25.5 Å². The summed E-state index contributed by atoms with van der Waals surface area (Å²) in [4.78, 5) is 2.55. The topological polar surface area (TPSA) is 12.5 Å². The van der Waals surface area contributed by atoms with Crippen LogP contribution in [0.4, 0.5) is 8.78 Å². The van der Waals surface area contributed by atoms with Gasteiger partial charge in [0, 0.05) is 12.6 Å². The molecule has 2 fully saturated rings. The molecule has 0 aromatic heterocycles. The molecule has 21 heavy (non-hydrogen) atoms. The quantitative estimate of drug-likeness (QED) is 0.817. The standard InChI is InChI=1S/C16H21F2NO.ClH/c17-15-4-3-14(9-16(15)18)20-11-13-5-7-19(8-6-13)10-12-1-2-12;/h3-4,9,12-13H,1-2,5-8,10-11H2;1H. The van der Waals surface area contributed by atoms with E-state index in [9.17, 15) is 8.78 Å². The fourth-order valence-corrected chi connectivity index (χ4v) is 2.78. The Morgan fingerprint density at radius 3 is 2.33 bits per heavy atom. The molecule has 0 spiro atoms. The Morgan fingerprint density at radius 2 is 1.71 bits per heavy atom. The van der Waals surface area contributed by atoms with E-state index in [0.29, 0.717) is 18.3 Å². The van der Waals surface area contributed by atoms with E-state index < -0.39 is 11.6 Å². The number of piperidine rings is 1. The van der Waals surface area contributed by atoms with Gasteiger partial charge in [0.1, 0.15) is 5.75 Å².